The Morgan fingerprint density at radius 3 is 0.786 bits per heavy atom. The minimum Gasteiger partial charge on any atom is -0.357 e. The van der Waals surface area contributed by atoms with Gasteiger partial charge in [-0.25, -0.2) is 0 Å². The molecule has 8 saturated heterocycles. The molecule has 0 aliphatic carbocycles. The van der Waals surface area contributed by atoms with E-state index in [1.54, 1.807) is 0 Å². The zero-order chi connectivity index (χ0) is 40.5. The van der Waals surface area contributed by atoms with E-state index in [-0.39, 0.29) is 0 Å². The number of hydrogen-bond acceptors (Lipinski definition) is 12. The van der Waals surface area contributed by atoms with Crippen LogP contribution in [0.5, 0.6) is 0 Å². The van der Waals surface area contributed by atoms with Gasteiger partial charge in [0.1, 0.15) is 0 Å². The Labute approximate surface area is 330 Å². The summed E-state index contributed by atoms with van der Waals surface area (Å²) in [5, 5.41) is 14.6. The van der Waals surface area contributed by atoms with Crippen LogP contribution in [0.1, 0.15) is 51.4 Å². The van der Waals surface area contributed by atoms with Crippen LogP contribution < -0.4 is 0 Å². The average Bonchev–Trinajstić information content (AvgIpc) is 3.78. The highest BCUT2D eigenvalue weighted by Gasteiger charge is 2.41. The van der Waals surface area contributed by atoms with E-state index in [2.05, 4.69) is 134 Å². The maximum Gasteiger partial charge on any atom is 0.0968 e. The van der Waals surface area contributed by atoms with E-state index >= 15 is 0 Å². The molecule has 0 saturated carbocycles. The summed E-state index contributed by atoms with van der Waals surface area (Å²) in [6.45, 7) is 22.6. The van der Waals surface area contributed by atoms with Gasteiger partial charge in [0.05, 0.1) is 23.3 Å². The van der Waals surface area contributed by atoms with Gasteiger partial charge in [-0.2, -0.15) is 0 Å². The SMILES string of the molecule is C=C1N(C)[C@@H]2CC[C@@H](CN=[N+]=[N-])N1C2.C=C1N(C)[C@@H]2CC[C@H](CN=[N+]=[N-])N1C2.C=C1N(C)[C@H]2CC[C@@H](CN=[N+]=[N-])N1C2.C=C1N(C)[C@H]2CC[C@H](CN=[N+]=[N-])N1C2. The summed E-state index contributed by atoms with van der Waals surface area (Å²) in [4.78, 5) is 29.2. The fourth-order valence-corrected chi connectivity index (χ4v) is 9.50. The van der Waals surface area contributed by atoms with Gasteiger partial charge in [0.2, 0.25) is 0 Å². The molecule has 0 spiro atoms. The molecule has 8 aliphatic rings. The third-order valence-electron chi connectivity index (χ3n) is 13.3. The molecule has 8 atom stereocenters. The molecule has 304 valence electrons. The molecule has 8 fully saturated rings. The molecule has 0 aromatic carbocycles. The Morgan fingerprint density at radius 1 is 0.411 bits per heavy atom. The summed E-state index contributed by atoms with van der Waals surface area (Å²) < 4.78 is 0. The number of likely N-dealkylation sites (N-methyl/N-ethyl adjacent to an activating group) is 4. The van der Waals surface area contributed by atoms with Crippen molar-refractivity contribution in [2.45, 2.75) is 99.7 Å². The first-order valence-electron chi connectivity index (χ1n) is 19.7. The van der Waals surface area contributed by atoms with Crippen LogP contribution >= 0.6 is 0 Å². The summed E-state index contributed by atoms with van der Waals surface area (Å²) in [6.07, 6.45) is 9.13. The van der Waals surface area contributed by atoms with Gasteiger partial charge in [-0.1, -0.05) is 46.8 Å². The van der Waals surface area contributed by atoms with Crippen molar-refractivity contribution in [2.75, 3.05) is 80.5 Å². The van der Waals surface area contributed by atoms with Crippen LogP contribution in [0.3, 0.4) is 0 Å². The van der Waals surface area contributed by atoms with Gasteiger partial charge in [-0.05, 0) is 73.5 Å². The van der Waals surface area contributed by atoms with E-state index < -0.39 is 0 Å². The summed E-state index contributed by atoms with van der Waals surface area (Å²) in [5.74, 6) is 4.30. The van der Waals surface area contributed by atoms with E-state index in [9.17, 15) is 0 Å². The zero-order valence-electron chi connectivity index (χ0n) is 33.7. The van der Waals surface area contributed by atoms with Crippen molar-refractivity contribution in [2.24, 2.45) is 20.5 Å². The molecule has 0 amide bonds. The molecular formula is C36H60N20. The van der Waals surface area contributed by atoms with Gasteiger partial charge >= 0.3 is 0 Å². The molecule has 56 heavy (non-hydrogen) atoms. The first-order valence-corrected chi connectivity index (χ1v) is 19.7. The van der Waals surface area contributed by atoms with Crippen LogP contribution in [0.4, 0.5) is 0 Å². The van der Waals surface area contributed by atoms with Crippen molar-refractivity contribution < 1.29 is 0 Å². The molecule has 8 rings (SSSR count). The molecule has 0 radical (unpaired) electrons. The largest absolute Gasteiger partial charge is 0.357 e. The Balaban J connectivity index is 0.000000143. The molecule has 8 heterocycles. The summed E-state index contributed by atoms with van der Waals surface area (Å²) >= 11 is 0. The first-order chi connectivity index (χ1) is 26.9. The van der Waals surface area contributed by atoms with Crippen LogP contribution in [-0.4, -0.2) is 168 Å². The molecule has 8 aliphatic heterocycles. The Kier molecular flexibility index (Phi) is 14.1. The van der Waals surface area contributed by atoms with Gasteiger partial charge in [0.25, 0.3) is 0 Å². The Bertz CT molecular complexity index is 1410. The van der Waals surface area contributed by atoms with Gasteiger partial charge < -0.3 is 39.2 Å². The number of fused-ring (bicyclic) bond motifs is 8. The molecule has 8 bridgehead atoms. The molecule has 0 aromatic heterocycles. The monoisotopic (exact) mass is 773 g/mol. The van der Waals surface area contributed by atoms with E-state index in [0.717, 1.165) is 75.1 Å². The molecule has 20 heteroatoms. The van der Waals surface area contributed by atoms with Crippen molar-refractivity contribution in [3.63, 3.8) is 0 Å². The fraction of sp³-hybridized carbons (Fsp3) is 0.778. The normalized spacial score (nSPS) is 30.5. The number of azide groups is 4. The van der Waals surface area contributed by atoms with Crippen molar-refractivity contribution in [3.8, 4) is 0 Å². The highest BCUT2D eigenvalue weighted by atomic mass is 15.5. The topological polar surface area (TPSA) is 221 Å². The lowest BCUT2D eigenvalue weighted by Gasteiger charge is -2.31. The number of hydrogen-bond donors (Lipinski definition) is 0. The quantitative estimate of drug-likeness (QED) is 0.157. The van der Waals surface area contributed by atoms with Crippen molar-refractivity contribution >= 4 is 0 Å². The third kappa shape index (κ3) is 9.00. The maximum atomic E-state index is 8.29. The smallest absolute Gasteiger partial charge is 0.0968 e. The minimum absolute atomic E-state index is 0.361. The number of nitrogens with zero attached hydrogens (tertiary/aromatic N) is 20. The second-order valence-electron chi connectivity index (χ2n) is 15.9. The van der Waals surface area contributed by atoms with Crippen LogP contribution in [0.2, 0.25) is 0 Å². The number of piperidine rings is 4. The van der Waals surface area contributed by atoms with Crippen LogP contribution in [0.15, 0.2) is 70.1 Å². The lowest BCUT2D eigenvalue weighted by Crippen LogP contribution is -2.39. The third-order valence-corrected chi connectivity index (χ3v) is 13.3. The summed E-state index contributed by atoms with van der Waals surface area (Å²) in [6, 6.07) is 3.91. The van der Waals surface area contributed by atoms with E-state index in [0.29, 0.717) is 74.5 Å². The Hall–Kier alpha value is -5.40. The lowest BCUT2D eigenvalue weighted by molar-refractivity contribution is 0.229. The highest BCUT2D eigenvalue weighted by molar-refractivity contribution is 5.12. The van der Waals surface area contributed by atoms with Crippen molar-refractivity contribution in [3.05, 3.63) is 91.4 Å². The minimum atomic E-state index is 0.361. The molecule has 0 N–H and O–H groups in total. The Morgan fingerprint density at radius 2 is 0.607 bits per heavy atom. The predicted molar refractivity (Wildman–Crippen MR) is 218 cm³/mol. The van der Waals surface area contributed by atoms with Gasteiger partial charge in [0.15, 0.2) is 0 Å². The molecule has 0 unspecified atom stereocenters. The second-order valence-corrected chi connectivity index (χ2v) is 15.9. The zero-order valence-corrected chi connectivity index (χ0v) is 33.7. The van der Waals surface area contributed by atoms with Gasteiger partial charge in [-0.15, -0.1) is 0 Å². The summed E-state index contributed by atoms with van der Waals surface area (Å²) in [7, 11) is 8.35. The van der Waals surface area contributed by atoms with Crippen LogP contribution in [0.25, 0.3) is 41.8 Å². The van der Waals surface area contributed by atoms with E-state index in [1.165, 1.54) is 25.7 Å². The van der Waals surface area contributed by atoms with Gasteiger partial charge in [0, 0.05) is 149 Å². The summed E-state index contributed by atoms with van der Waals surface area (Å²) in [5.41, 5.74) is 33.2. The number of rotatable bonds is 8. The molecular weight excluding hydrogens is 713 g/mol. The lowest BCUT2D eigenvalue weighted by atomic mass is 10.0. The van der Waals surface area contributed by atoms with Crippen LogP contribution in [0, 0.1) is 0 Å². The molecule has 20 nitrogen and oxygen atoms in total. The maximum absolute atomic E-state index is 8.29. The van der Waals surface area contributed by atoms with E-state index in [1.807, 2.05) is 0 Å². The van der Waals surface area contributed by atoms with Crippen molar-refractivity contribution in [1.82, 2.24) is 39.2 Å². The first kappa shape index (κ1) is 41.8. The average molecular weight is 773 g/mol. The highest BCUT2D eigenvalue weighted by Crippen LogP contribution is 2.36. The fourth-order valence-electron chi connectivity index (χ4n) is 9.50. The van der Waals surface area contributed by atoms with Crippen molar-refractivity contribution in [1.29, 1.82) is 0 Å². The predicted octanol–water partition coefficient (Wildman–Crippen LogP) is 6.19. The van der Waals surface area contributed by atoms with Crippen LogP contribution in [-0.2, 0) is 0 Å². The van der Waals surface area contributed by atoms with Gasteiger partial charge in [-0.3, -0.25) is 0 Å². The second kappa shape index (κ2) is 19.0. The van der Waals surface area contributed by atoms with E-state index in [4.69, 9.17) is 22.1 Å². The molecule has 0 aromatic rings. The standard InChI is InChI=1S/4C9H15N5/c4*1-7-13(2)9-4-3-8(5-11-12-10)14(7)6-9/h4*8-9H,1,3-6H2,2H3/t2*8-,9+;2*8-,9-/m1010/s1.